The Morgan fingerprint density at radius 3 is 2.75 bits per heavy atom. The van der Waals surface area contributed by atoms with Gasteiger partial charge in [-0.2, -0.15) is 4.98 Å². The zero-order valence-electron chi connectivity index (χ0n) is 12.5. The van der Waals surface area contributed by atoms with Gasteiger partial charge in [-0.25, -0.2) is 9.97 Å². The highest BCUT2D eigenvalue weighted by Gasteiger charge is 2.10. The Labute approximate surface area is 137 Å². The minimum Gasteiger partial charge on any atom is -0.392 e. The average Bonchev–Trinajstić information content (AvgIpc) is 2.62. The number of nitro groups is 1. The number of hydrogen-bond donors (Lipinski definition) is 2. The van der Waals surface area contributed by atoms with E-state index in [1.54, 1.807) is 30.3 Å². The van der Waals surface area contributed by atoms with E-state index in [9.17, 15) is 10.1 Å². The number of nitrogens with zero attached hydrogens (tertiary/aromatic N) is 4. The lowest BCUT2D eigenvalue weighted by Gasteiger charge is -2.07. The second-order valence-corrected chi connectivity index (χ2v) is 4.92. The van der Waals surface area contributed by atoms with Crippen LogP contribution in [0.4, 0.5) is 17.3 Å². The molecule has 0 aliphatic heterocycles. The number of nitrogens with one attached hydrogen (secondary N) is 1. The van der Waals surface area contributed by atoms with Crippen molar-refractivity contribution in [3.05, 3.63) is 70.5 Å². The molecule has 0 aliphatic carbocycles. The first-order chi connectivity index (χ1) is 11.7. The molecule has 0 spiro atoms. The SMILES string of the molecule is O=[N+]([O-])c1cccc(-c2ncnc(Nc3cccc(CO)c3)n2)c1. The number of hydrogen-bond acceptors (Lipinski definition) is 7. The number of aliphatic hydroxyl groups excluding tert-OH is 1. The van der Waals surface area contributed by atoms with Crippen LogP contribution in [0.2, 0.25) is 0 Å². The van der Waals surface area contributed by atoms with Crippen LogP contribution in [0, 0.1) is 10.1 Å². The van der Waals surface area contributed by atoms with Gasteiger partial charge in [0.15, 0.2) is 5.82 Å². The molecule has 0 radical (unpaired) electrons. The maximum absolute atomic E-state index is 10.9. The Bertz CT molecular complexity index is 885. The van der Waals surface area contributed by atoms with Crippen molar-refractivity contribution in [2.45, 2.75) is 6.61 Å². The third-order valence-electron chi connectivity index (χ3n) is 3.25. The van der Waals surface area contributed by atoms with Gasteiger partial charge in [-0.1, -0.05) is 24.3 Å². The summed E-state index contributed by atoms with van der Waals surface area (Å²) in [6, 6.07) is 13.3. The minimum atomic E-state index is -0.468. The van der Waals surface area contributed by atoms with Gasteiger partial charge < -0.3 is 10.4 Å². The normalized spacial score (nSPS) is 10.4. The highest BCUT2D eigenvalue weighted by Crippen LogP contribution is 2.22. The number of aliphatic hydroxyl groups is 1. The fourth-order valence-corrected chi connectivity index (χ4v) is 2.13. The lowest BCUT2D eigenvalue weighted by molar-refractivity contribution is -0.384. The molecular weight excluding hydrogens is 310 g/mol. The highest BCUT2D eigenvalue weighted by atomic mass is 16.6. The molecule has 8 nitrogen and oxygen atoms in total. The number of rotatable bonds is 5. The first kappa shape index (κ1) is 15.5. The van der Waals surface area contributed by atoms with Crippen molar-refractivity contribution in [1.29, 1.82) is 0 Å². The molecule has 1 aromatic heterocycles. The quantitative estimate of drug-likeness (QED) is 0.548. The van der Waals surface area contributed by atoms with Crippen molar-refractivity contribution >= 4 is 17.3 Å². The lowest BCUT2D eigenvalue weighted by atomic mass is 10.2. The van der Waals surface area contributed by atoms with Crippen molar-refractivity contribution in [2.75, 3.05) is 5.32 Å². The van der Waals surface area contributed by atoms with Crippen molar-refractivity contribution < 1.29 is 10.0 Å². The van der Waals surface area contributed by atoms with Crippen LogP contribution in [0.3, 0.4) is 0 Å². The molecule has 1 heterocycles. The van der Waals surface area contributed by atoms with Gasteiger partial charge >= 0.3 is 0 Å². The number of anilines is 2. The third kappa shape index (κ3) is 3.50. The Kier molecular flexibility index (Phi) is 4.39. The molecule has 2 aromatic carbocycles. The largest absolute Gasteiger partial charge is 0.392 e. The van der Waals surface area contributed by atoms with E-state index in [0.717, 1.165) is 11.3 Å². The number of benzene rings is 2. The summed E-state index contributed by atoms with van der Waals surface area (Å²) in [6.45, 7) is -0.0638. The molecule has 8 heteroatoms. The molecule has 0 atom stereocenters. The smallest absolute Gasteiger partial charge is 0.270 e. The maximum Gasteiger partial charge on any atom is 0.270 e. The minimum absolute atomic E-state index is 0.0296. The topological polar surface area (TPSA) is 114 Å². The highest BCUT2D eigenvalue weighted by molar-refractivity contribution is 5.61. The maximum atomic E-state index is 10.9. The summed E-state index contributed by atoms with van der Waals surface area (Å²) in [7, 11) is 0. The van der Waals surface area contributed by atoms with Gasteiger partial charge in [-0.05, 0) is 17.7 Å². The van der Waals surface area contributed by atoms with Gasteiger partial charge in [0.25, 0.3) is 5.69 Å². The molecule has 0 fully saturated rings. The number of non-ortho nitro benzene ring substituents is 1. The van der Waals surface area contributed by atoms with E-state index < -0.39 is 4.92 Å². The van der Waals surface area contributed by atoms with Crippen LogP contribution in [0.1, 0.15) is 5.56 Å². The van der Waals surface area contributed by atoms with E-state index in [1.807, 2.05) is 6.07 Å². The van der Waals surface area contributed by atoms with E-state index in [2.05, 4.69) is 20.3 Å². The summed E-state index contributed by atoms with van der Waals surface area (Å²) in [5.74, 6) is 0.635. The fourth-order valence-electron chi connectivity index (χ4n) is 2.13. The Balaban J connectivity index is 1.89. The second-order valence-electron chi connectivity index (χ2n) is 4.92. The molecule has 0 saturated heterocycles. The molecule has 0 saturated carbocycles. The van der Waals surface area contributed by atoms with Gasteiger partial charge in [0.05, 0.1) is 11.5 Å². The molecular formula is C16H13N5O3. The first-order valence-corrected chi connectivity index (χ1v) is 7.06. The van der Waals surface area contributed by atoms with Crippen LogP contribution < -0.4 is 5.32 Å². The zero-order chi connectivity index (χ0) is 16.9. The predicted molar refractivity (Wildman–Crippen MR) is 87.6 cm³/mol. The van der Waals surface area contributed by atoms with Crippen molar-refractivity contribution in [3.8, 4) is 11.4 Å². The molecule has 0 bridgehead atoms. The van der Waals surface area contributed by atoms with E-state index in [-0.39, 0.29) is 12.3 Å². The Hall–Kier alpha value is -3.39. The average molecular weight is 323 g/mol. The van der Waals surface area contributed by atoms with Crippen LogP contribution in [-0.4, -0.2) is 25.0 Å². The van der Waals surface area contributed by atoms with Gasteiger partial charge in [0, 0.05) is 23.4 Å². The summed E-state index contributed by atoms with van der Waals surface area (Å²) in [6.07, 6.45) is 1.33. The summed E-state index contributed by atoms with van der Waals surface area (Å²) in [5, 5.41) is 23.1. The van der Waals surface area contributed by atoms with Crippen LogP contribution in [0.15, 0.2) is 54.9 Å². The van der Waals surface area contributed by atoms with E-state index in [0.29, 0.717) is 17.3 Å². The molecule has 120 valence electrons. The summed E-state index contributed by atoms with van der Waals surface area (Å²) >= 11 is 0. The summed E-state index contributed by atoms with van der Waals surface area (Å²) in [5.41, 5.74) is 1.97. The number of aromatic nitrogens is 3. The van der Waals surface area contributed by atoms with Gasteiger partial charge in [0.1, 0.15) is 6.33 Å². The molecule has 3 aromatic rings. The fraction of sp³-hybridized carbons (Fsp3) is 0.0625. The number of nitro benzene ring substituents is 1. The molecule has 24 heavy (non-hydrogen) atoms. The van der Waals surface area contributed by atoms with Gasteiger partial charge in [-0.15, -0.1) is 0 Å². The standard InChI is InChI=1S/C16H13N5O3/c22-9-11-3-1-5-13(7-11)19-16-18-10-17-15(20-16)12-4-2-6-14(8-12)21(23)24/h1-8,10,22H,9H2,(H,17,18,19,20). The van der Waals surface area contributed by atoms with Crippen molar-refractivity contribution in [3.63, 3.8) is 0 Å². The van der Waals surface area contributed by atoms with Crippen molar-refractivity contribution in [2.24, 2.45) is 0 Å². The second kappa shape index (κ2) is 6.80. The Morgan fingerprint density at radius 2 is 1.96 bits per heavy atom. The molecule has 0 amide bonds. The van der Waals surface area contributed by atoms with Crippen LogP contribution in [0.5, 0.6) is 0 Å². The molecule has 2 N–H and O–H groups in total. The summed E-state index contributed by atoms with van der Waals surface area (Å²) in [4.78, 5) is 22.8. The third-order valence-corrected chi connectivity index (χ3v) is 3.25. The van der Waals surface area contributed by atoms with Crippen LogP contribution in [0.25, 0.3) is 11.4 Å². The van der Waals surface area contributed by atoms with E-state index >= 15 is 0 Å². The van der Waals surface area contributed by atoms with Gasteiger partial charge in [0.2, 0.25) is 5.95 Å². The van der Waals surface area contributed by atoms with E-state index in [1.165, 1.54) is 18.5 Å². The zero-order valence-corrected chi connectivity index (χ0v) is 12.5. The Morgan fingerprint density at radius 1 is 1.12 bits per heavy atom. The van der Waals surface area contributed by atoms with Crippen LogP contribution >= 0.6 is 0 Å². The molecule has 0 unspecified atom stereocenters. The first-order valence-electron chi connectivity index (χ1n) is 7.06. The monoisotopic (exact) mass is 323 g/mol. The van der Waals surface area contributed by atoms with Crippen molar-refractivity contribution in [1.82, 2.24) is 15.0 Å². The summed E-state index contributed by atoms with van der Waals surface area (Å²) < 4.78 is 0. The lowest BCUT2D eigenvalue weighted by Crippen LogP contribution is -2.00. The predicted octanol–water partition coefficient (Wildman–Crippen LogP) is 2.68. The molecule has 3 rings (SSSR count). The van der Waals surface area contributed by atoms with Gasteiger partial charge in [-0.3, -0.25) is 10.1 Å². The van der Waals surface area contributed by atoms with Crippen LogP contribution in [-0.2, 0) is 6.61 Å². The van der Waals surface area contributed by atoms with E-state index in [4.69, 9.17) is 5.11 Å². The molecule has 0 aliphatic rings.